The molecule has 3 amide bonds. The Hall–Kier alpha value is -3.37. The second-order valence-corrected chi connectivity index (χ2v) is 12.7. The lowest BCUT2D eigenvalue weighted by Crippen LogP contribution is -2.43. The summed E-state index contributed by atoms with van der Waals surface area (Å²) in [7, 11) is 0. The van der Waals surface area contributed by atoms with Crippen LogP contribution in [0.15, 0.2) is 30.5 Å². The van der Waals surface area contributed by atoms with Gasteiger partial charge in [-0.2, -0.15) is 4.73 Å². The second-order valence-electron chi connectivity index (χ2n) is 12.3. The minimum Gasteiger partial charge on any atom is -0.618 e. The van der Waals surface area contributed by atoms with E-state index in [0.717, 1.165) is 41.9 Å². The summed E-state index contributed by atoms with van der Waals surface area (Å²) in [5.74, 6) is 0.777. The molecular weight excluding hydrogens is 570 g/mol. The maximum absolute atomic E-state index is 13.4. The van der Waals surface area contributed by atoms with Crippen LogP contribution in [0, 0.1) is 37.8 Å². The second kappa shape index (κ2) is 13.1. The first-order chi connectivity index (χ1) is 20.5. The number of carbonyl (C=O) groups is 3. The van der Waals surface area contributed by atoms with Gasteiger partial charge >= 0.3 is 6.09 Å². The van der Waals surface area contributed by atoms with E-state index in [2.05, 4.69) is 4.90 Å². The van der Waals surface area contributed by atoms with Crippen molar-refractivity contribution in [1.82, 2.24) is 14.7 Å². The normalized spacial score (nSPS) is 20.8. The Morgan fingerprint density at radius 3 is 2.30 bits per heavy atom. The van der Waals surface area contributed by atoms with Crippen molar-refractivity contribution in [2.75, 3.05) is 57.3 Å². The number of hydrogen-bond acceptors (Lipinski definition) is 6. The van der Waals surface area contributed by atoms with Crippen LogP contribution in [-0.4, -0.2) is 91.1 Å². The minimum atomic E-state index is -0.389. The lowest BCUT2D eigenvalue weighted by atomic mass is 10.0. The molecule has 2 aromatic rings. The van der Waals surface area contributed by atoms with Crippen LogP contribution in [0.25, 0.3) is 0 Å². The standard InChI is InChI=1S/C32H42ClN5O5/c1-21-6-7-27(16-29(21)33)37(32(41)43-28-9-13-35(14-10-28)24(4)39)12-5-11-34-17-25-19-36(20-26(25)18-34)31(40)30-22(2)8-15-38(42)23(30)3/h6-8,15-16,25-26,28H,5,9-14,17-20H2,1-4H3. The quantitative estimate of drug-likeness (QED) is 0.347. The molecule has 3 aliphatic rings. The average molecular weight is 612 g/mol. The Bertz CT molecular complexity index is 1360. The van der Waals surface area contributed by atoms with Gasteiger partial charge in [-0.3, -0.25) is 14.5 Å². The molecule has 0 radical (unpaired) electrons. The molecule has 1 aromatic heterocycles. The number of pyridine rings is 1. The Morgan fingerprint density at radius 2 is 1.67 bits per heavy atom. The molecule has 2 unspecified atom stereocenters. The van der Waals surface area contributed by atoms with Crippen molar-refractivity contribution < 1.29 is 23.9 Å². The zero-order valence-corrected chi connectivity index (χ0v) is 26.3. The molecule has 232 valence electrons. The van der Waals surface area contributed by atoms with Gasteiger partial charge in [0, 0.05) is 89.3 Å². The van der Waals surface area contributed by atoms with Crippen molar-refractivity contribution in [3.05, 3.63) is 63.1 Å². The molecule has 5 rings (SSSR count). The van der Waals surface area contributed by atoms with E-state index >= 15 is 0 Å². The Morgan fingerprint density at radius 1 is 1.00 bits per heavy atom. The molecule has 43 heavy (non-hydrogen) atoms. The number of halogens is 1. The topological polar surface area (TPSA) is 100 Å². The Kier molecular flexibility index (Phi) is 9.46. The third-order valence-electron chi connectivity index (χ3n) is 9.31. The highest BCUT2D eigenvalue weighted by Crippen LogP contribution is 2.33. The summed E-state index contributed by atoms with van der Waals surface area (Å²) in [6, 6.07) is 7.32. The lowest BCUT2D eigenvalue weighted by molar-refractivity contribution is -0.612. The minimum absolute atomic E-state index is 0.0457. The van der Waals surface area contributed by atoms with E-state index in [-0.39, 0.29) is 24.0 Å². The first-order valence-corrected chi connectivity index (χ1v) is 15.6. The Labute approximate surface area is 258 Å². The predicted octanol–water partition coefficient (Wildman–Crippen LogP) is 3.95. The van der Waals surface area contributed by atoms with Crippen LogP contribution in [-0.2, 0) is 9.53 Å². The van der Waals surface area contributed by atoms with E-state index in [1.807, 2.05) is 36.9 Å². The number of aromatic nitrogens is 1. The number of nitrogens with zero attached hydrogens (tertiary/aromatic N) is 5. The molecule has 3 aliphatic heterocycles. The van der Waals surface area contributed by atoms with Crippen molar-refractivity contribution in [3.8, 4) is 0 Å². The summed E-state index contributed by atoms with van der Waals surface area (Å²) in [6.07, 6.45) is 2.86. The number of hydrogen-bond donors (Lipinski definition) is 0. The van der Waals surface area contributed by atoms with E-state index in [1.54, 1.807) is 29.7 Å². The van der Waals surface area contributed by atoms with E-state index in [4.69, 9.17) is 16.3 Å². The maximum atomic E-state index is 13.4. The third kappa shape index (κ3) is 6.91. The molecule has 1 aromatic carbocycles. The summed E-state index contributed by atoms with van der Waals surface area (Å²) < 4.78 is 6.68. The van der Waals surface area contributed by atoms with Crippen molar-refractivity contribution in [3.63, 3.8) is 0 Å². The molecule has 4 heterocycles. The number of piperidine rings is 1. The van der Waals surface area contributed by atoms with Gasteiger partial charge in [0.25, 0.3) is 5.91 Å². The van der Waals surface area contributed by atoms with Gasteiger partial charge in [-0.15, -0.1) is 0 Å². The predicted molar refractivity (Wildman–Crippen MR) is 164 cm³/mol. The number of likely N-dealkylation sites (tertiary alicyclic amines) is 3. The van der Waals surface area contributed by atoms with Crippen LogP contribution >= 0.6 is 11.6 Å². The fourth-order valence-corrected chi connectivity index (χ4v) is 6.89. The molecule has 11 heteroatoms. The molecule has 0 bridgehead atoms. The lowest BCUT2D eigenvalue weighted by Gasteiger charge is -2.32. The molecule has 0 spiro atoms. The number of benzene rings is 1. The van der Waals surface area contributed by atoms with Gasteiger partial charge in [-0.25, -0.2) is 4.79 Å². The molecule has 0 saturated carbocycles. The number of fused-ring (bicyclic) bond motifs is 1. The number of aryl methyl sites for hydroxylation is 2. The molecule has 3 fully saturated rings. The SMILES string of the molecule is CC(=O)N1CCC(OC(=O)N(CCCN2CC3CN(C(=O)c4c(C)cc[n+]([O-])c4C)CC3C2)c2ccc(C)c(Cl)c2)CC1. The average Bonchev–Trinajstić information content (AvgIpc) is 3.54. The summed E-state index contributed by atoms with van der Waals surface area (Å²) >= 11 is 6.42. The molecule has 3 saturated heterocycles. The zero-order chi connectivity index (χ0) is 30.8. The summed E-state index contributed by atoms with van der Waals surface area (Å²) in [5.41, 5.74) is 3.44. The van der Waals surface area contributed by atoms with Gasteiger partial charge in [-0.05, 0) is 61.9 Å². The number of amides is 3. The van der Waals surface area contributed by atoms with E-state index < -0.39 is 0 Å². The van der Waals surface area contributed by atoms with Gasteiger partial charge in [0.15, 0.2) is 6.20 Å². The number of carbonyl (C=O) groups excluding carboxylic acids is 3. The largest absolute Gasteiger partial charge is 0.618 e. The third-order valence-corrected chi connectivity index (χ3v) is 9.72. The number of rotatable bonds is 7. The first-order valence-electron chi connectivity index (χ1n) is 15.2. The highest BCUT2D eigenvalue weighted by atomic mass is 35.5. The smallest absolute Gasteiger partial charge is 0.414 e. The summed E-state index contributed by atoms with van der Waals surface area (Å²) in [6.45, 7) is 12.7. The van der Waals surface area contributed by atoms with Gasteiger partial charge in [0.1, 0.15) is 11.7 Å². The molecule has 10 nitrogen and oxygen atoms in total. The van der Waals surface area contributed by atoms with Gasteiger partial charge < -0.3 is 24.6 Å². The zero-order valence-electron chi connectivity index (χ0n) is 25.6. The highest BCUT2D eigenvalue weighted by molar-refractivity contribution is 6.31. The molecule has 0 N–H and O–H groups in total. The Balaban J connectivity index is 1.15. The van der Waals surface area contributed by atoms with Crippen LogP contribution in [0.3, 0.4) is 0 Å². The van der Waals surface area contributed by atoms with Crippen molar-refractivity contribution in [1.29, 1.82) is 0 Å². The van der Waals surface area contributed by atoms with Crippen molar-refractivity contribution >= 4 is 35.2 Å². The number of ether oxygens (including phenoxy) is 1. The van der Waals surface area contributed by atoms with E-state index in [9.17, 15) is 19.6 Å². The van der Waals surface area contributed by atoms with Crippen LogP contribution in [0.5, 0.6) is 0 Å². The van der Waals surface area contributed by atoms with Gasteiger partial charge in [-0.1, -0.05) is 17.7 Å². The molecule has 2 atom stereocenters. The maximum Gasteiger partial charge on any atom is 0.414 e. The van der Waals surface area contributed by atoms with Crippen molar-refractivity contribution in [2.45, 2.75) is 53.1 Å². The number of anilines is 1. The van der Waals surface area contributed by atoms with E-state index in [1.165, 1.54) is 6.20 Å². The molecular formula is C32H42ClN5O5. The summed E-state index contributed by atoms with van der Waals surface area (Å²) in [4.78, 5) is 46.2. The molecule has 0 aliphatic carbocycles. The highest BCUT2D eigenvalue weighted by Gasteiger charge is 2.42. The van der Waals surface area contributed by atoms with Crippen LogP contribution in [0.2, 0.25) is 5.02 Å². The summed E-state index contributed by atoms with van der Waals surface area (Å²) in [5, 5.41) is 12.7. The van der Waals surface area contributed by atoms with Gasteiger partial charge in [0.05, 0.1) is 0 Å². The van der Waals surface area contributed by atoms with Crippen LogP contribution in [0.4, 0.5) is 10.5 Å². The van der Waals surface area contributed by atoms with Crippen LogP contribution < -0.4 is 9.63 Å². The van der Waals surface area contributed by atoms with E-state index in [0.29, 0.717) is 79.4 Å². The van der Waals surface area contributed by atoms with Crippen LogP contribution in [0.1, 0.15) is 53.4 Å². The van der Waals surface area contributed by atoms with Gasteiger partial charge in [0.2, 0.25) is 11.6 Å². The monoisotopic (exact) mass is 611 g/mol. The van der Waals surface area contributed by atoms with Crippen molar-refractivity contribution in [2.24, 2.45) is 11.8 Å². The first kappa shape index (κ1) is 31.1. The fraction of sp³-hybridized carbons (Fsp3) is 0.562. The fourth-order valence-electron chi connectivity index (χ4n) is 6.71.